The minimum atomic E-state index is -4.31. The Morgan fingerprint density at radius 3 is 2.53 bits per heavy atom. The van der Waals surface area contributed by atoms with Crippen molar-refractivity contribution < 1.29 is 17.6 Å². The summed E-state index contributed by atoms with van der Waals surface area (Å²) in [5.41, 5.74) is 5.10. The van der Waals surface area contributed by atoms with Crippen LogP contribution in [0.5, 0.6) is 0 Å². The Hall–Kier alpha value is -0.760. The highest BCUT2D eigenvalue weighted by Gasteiger charge is 2.40. The van der Waals surface area contributed by atoms with Gasteiger partial charge in [0.25, 0.3) is 5.22 Å². The summed E-state index contributed by atoms with van der Waals surface area (Å²) >= 11 is 0.496. The topological polar surface area (TPSA) is 64.9 Å². The normalized spacial score (nSPS) is 14.2. The van der Waals surface area contributed by atoms with E-state index in [-0.39, 0.29) is 24.1 Å². The summed E-state index contributed by atoms with van der Waals surface area (Å²) in [6.45, 7) is 1.48. The van der Waals surface area contributed by atoms with Gasteiger partial charge in [0.15, 0.2) is 0 Å². The second-order valence-electron chi connectivity index (χ2n) is 2.81. The van der Waals surface area contributed by atoms with E-state index in [4.69, 9.17) is 10.2 Å². The number of nitrogens with zero attached hydrogens (tertiary/aromatic N) is 2. The van der Waals surface area contributed by atoms with Crippen LogP contribution in [0.4, 0.5) is 13.2 Å². The van der Waals surface area contributed by atoms with Crippen LogP contribution in [0.3, 0.4) is 0 Å². The summed E-state index contributed by atoms with van der Waals surface area (Å²) < 4.78 is 42.2. The first-order valence-electron chi connectivity index (χ1n) is 4.17. The molecule has 1 unspecified atom stereocenters. The van der Waals surface area contributed by atoms with Crippen molar-refractivity contribution in [2.24, 2.45) is 5.73 Å². The van der Waals surface area contributed by atoms with Gasteiger partial charge in [0.05, 0.1) is 0 Å². The molecular weight excluding hydrogens is 231 g/mol. The van der Waals surface area contributed by atoms with Gasteiger partial charge in [-0.1, -0.05) is 11.8 Å². The fourth-order valence-corrected chi connectivity index (χ4v) is 1.78. The van der Waals surface area contributed by atoms with E-state index in [9.17, 15) is 13.2 Å². The third kappa shape index (κ3) is 3.71. The third-order valence-corrected chi connectivity index (χ3v) is 2.70. The van der Waals surface area contributed by atoms with Gasteiger partial charge >= 0.3 is 6.18 Å². The van der Waals surface area contributed by atoms with E-state index >= 15 is 0 Å². The molecule has 0 aromatic carbocycles. The van der Waals surface area contributed by atoms with Crippen LogP contribution in [-0.2, 0) is 0 Å². The lowest BCUT2D eigenvalue weighted by atomic mass is 10.3. The van der Waals surface area contributed by atoms with E-state index in [1.165, 1.54) is 6.92 Å². The number of aryl methyl sites for hydroxylation is 1. The van der Waals surface area contributed by atoms with Gasteiger partial charge in [-0.05, 0) is 13.0 Å². The van der Waals surface area contributed by atoms with Crippen molar-refractivity contribution in [3.8, 4) is 0 Å². The molecule has 1 aromatic heterocycles. The van der Waals surface area contributed by atoms with Gasteiger partial charge in [0.2, 0.25) is 5.89 Å². The van der Waals surface area contributed by atoms with Crippen LogP contribution < -0.4 is 5.73 Å². The fraction of sp³-hybridized carbons (Fsp3) is 0.714. The SMILES string of the molecule is Cc1nnc(SC(CCN)C(F)(F)F)o1. The fourth-order valence-electron chi connectivity index (χ4n) is 0.889. The standard InChI is InChI=1S/C7H10F3N3OS/c1-4-12-13-6(14-4)15-5(2-3-11)7(8,9)10/h5H,2-3,11H2,1H3. The van der Waals surface area contributed by atoms with Crippen LogP contribution >= 0.6 is 11.8 Å². The number of nitrogens with two attached hydrogens (primary N) is 1. The van der Waals surface area contributed by atoms with Crippen molar-refractivity contribution in [1.29, 1.82) is 0 Å². The minimum absolute atomic E-state index is 0.0374. The number of aromatic nitrogens is 2. The van der Waals surface area contributed by atoms with Gasteiger partial charge in [-0.2, -0.15) is 13.2 Å². The molecule has 0 aliphatic rings. The van der Waals surface area contributed by atoms with Crippen molar-refractivity contribution in [3.05, 3.63) is 5.89 Å². The molecule has 1 aromatic rings. The van der Waals surface area contributed by atoms with Gasteiger partial charge in [0, 0.05) is 6.92 Å². The number of thioether (sulfide) groups is 1. The monoisotopic (exact) mass is 241 g/mol. The van der Waals surface area contributed by atoms with Gasteiger partial charge in [-0.25, -0.2) is 0 Å². The van der Waals surface area contributed by atoms with Gasteiger partial charge in [-0.3, -0.25) is 0 Å². The second kappa shape index (κ2) is 4.84. The van der Waals surface area contributed by atoms with Crippen molar-refractivity contribution in [2.45, 2.75) is 30.0 Å². The first kappa shape index (κ1) is 12.3. The highest BCUT2D eigenvalue weighted by Crippen LogP contribution is 2.36. The summed E-state index contributed by atoms with van der Waals surface area (Å²) in [7, 11) is 0. The Kier molecular flexibility index (Phi) is 3.97. The van der Waals surface area contributed by atoms with E-state index in [1.807, 2.05) is 0 Å². The lowest BCUT2D eigenvalue weighted by Gasteiger charge is -2.16. The van der Waals surface area contributed by atoms with Gasteiger partial charge in [0.1, 0.15) is 5.25 Å². The molecule has 2 N–H and O–H groups in total. The molecule has 4 nitrogen and oxygen atoms in total. The van der Waals surface area contributed by atoms with Gasteiger partial charge < -0.3 is 10.2 Å². The Morgan fingerprint density at radius 2 is 2.13 bits per heavy atom. The van der Waals surface area contributed by atoms with Crippen LogP contribution in [0.2, 0.25) is 0 Å². The molecule has 0 amide bonds. The summed E-state index contributed by atoms with van der Waals surface area (Å²) in [4.78, 5) is 0. The van der Waals surface area contributed by atoms with Crippen LogP contribution in [-0.4, -0.2) is 28.2 Å². The minimum Gasteiger partial charge on any atom is -0.416 e. The molecule has 0 aliphatic carbocycles. The molecule has 0 saturated heterocycles. The summed E-state index contributed by atoms with van der Waals surface area (Å²) in [6.07, 6.45) is -4.48. The molecule has 86 valence electrons. The van der Waals surface area contributed by atoms with E-state index < -0.39 is 11.4 Å². The highest BCUT2D eigenvalue weighted by atomic mass is 32.2. The molecular formula is C7H10F3N3OS. The summed E-state index contributed by atoms with van der Waals surface area (Å²) in [5, 5.41) is 5.26. The maximum Gasteiger partial charge on any atom is 0.401 e. The molecule has 0 aliphatic heterocycles. The van der Waals surface area contributed by atoms with Crippen molar-refractivity contribution in [1.82, 2.24) is 10.2 Å². The van der Waals surface area contributed by atoms with Crippen molar-refractivity contribution in [2.75, 3.05) is 6.54 Å². The number of hydrogen-bond acceptors (Lipinski definition) is 5. The zero-order chi connectivity index (χ0) is 11.5. The Labute approximate surface area is 88.4 Å². The molecule has 1 heterocycles. The maximum atomic E-state index is 12.4. The van der Waals surface area contributed by atoms with E-state index in [1.54, 1.807) is 0 Å². The molecule has 0 spiro atoms. The smallest absolute Gasteiger partial charge is 0.401 e. The van der Waals surface area contributed by atoms with Crippen molar-refractivity contribution in [3.63, 3.8) is 0 Å². The molecule has 15 heavy (non-hydrogen) atoms. The third-order valence-electron chi connectivity index (χ3n) is 1.54. The molecule has 1 rings (SSSR count). The molecule has 8 heteroatoms. The predicted octanol–water partition coefficient (Wildman–Crippen LogP) is 1.75. The van der Waals surface area contributed by atoms with Crippen LogP contribution in [0.25, 0.3) is 0 Å². The summed E-state index contributed by atoms with van der Waals surface area (Å²) in [5.74, 6) is 0.242. The lowest BCUT2D eigenvalue weighted by molar-refractivity contribution is -0.129. The molecule has 1 atom stereocenters. The number of hydrogen-bond donors (Lipinski definition) is 1. The average molecular weight is 241 g/mol. The van der Waals surface area contributed by atoms with Gasteiger partial charge in [-0.15, -0.1) is 10.2 Å². The quantitative estimate of drug-likeness (QED) is 0.813. The number of halogens is 3. The molecule has 0 saturated carbocycles. The number of rotatable bonds is 4. The van der Waals surface area contributed by atoms with Crippen LogP contribution in [0.1, 0.15) is 12.3 Å². The zero-order valence-electron chi connectivity index (χ0n) is 7.91. The Morgan fingerprint density at radius 1 is 1.47 bits per heavy atom. The van der Waals surface area contributed by atoms with E-state index in [2.05, 4.69) is 10.2 Å². The lowest BCUT2D eigenvalue weighted by Crippen LogP contribution is -2.28. The van der Waals surface area contributed by atoms with E-state index in [0.29, 0.717) is 11.8 Å². The molecule has 0 fully saturated rings. The second-order valence-corrected chi connectivity index (χ2v) is 3.97. The first-order valence-corrected chi connectivity index (χ1v) is 5.05. The van der Waals surface area contributed by atoms with Crippen LogP contribution in [0, 0.1) is 6.92 Å². The number of alkyl halides is 3. The Balaban J connectivity index is 2.66. The van der Waals surface area contributed by atoms with E-state index in [0.717, 1.165) is 0 Å². The Bertz CT molecular complexity index is 315. The average Bonchev–Trinajstić information content (AvgIpc) is 2.49. The zero-order valence-corrected chi connectivity index (χ0v) is 8.73. The van der Waals surface area contributed by atoms with Crippen molar-refractivity contribution >= 4 is 11.8 Å². The highest BCUT2D eigenvalue weighted by molar-refractivity contribution is 7.99. The molecule has 0 bridgehead atoms. The molecule has 0 radical (unpaired) electrons. The largest absolute Gasteiger partial charge is 0.416 e. The summed E-state index contributed by atoms with van der Waals surface area (Å²) in [6, 6.07) is 0. The predicted molar refractivity (Wildman–Crippen MR) is 48.4 cm³/mol. The maximum absolute atomic E-state index is 12.4. The first-order chi connectivity index (χ1) is 6.93. The van der Waals surface area contributed by atoms with Crippen LogP contribution in [0.15, 0.2) is 9.64 Å².